The fourth-order valence-corrected chi connectivity index (χ4v) is 2.70. The highest BCUT2D eigenvalue weighted by Crippen LogP contribution is 2.09. The fourth-order valence-electron chi connectivity index (χ4n) is 2.00. The molecule has 0 saturated carbocycles. The van der Waals surface area contributed by atoms with Crippen molar-refractivity contribution in [2.45, 2.75) is 32.2 Å². The number of aryl methyl sites for hydroxylation is 1. The Bertz CT molecular complexity index is 493. The van der Waals surface area contributed by atoms with E-state index in [1.165, 1.54) is 5.56 Å². The molecule has 1 N–H and O–H groups in total. The molecule has 0 saturated heterocycles. The predicted octanol–water partition coefficient (Wildman–Crippen LogP) is 3.43. The molecule has 2 nitrogen and oxygen atoms in total. The highest BCUT2D eigenvalue weighted by molar-refractivity contribution is 7.10. The van der Waals surface area contributed by atoms with Gasteiger partial charge in [-0.2, -0.15) is 0 Å². The molecule has 100 valence electrons. The molecule has 2 rings (SSSR count). The minimum Gasteiger partial charge on any atom is -0.353 e. The Morgan fingerprint density at radius 1 is 1.21 bits per heavy atom. The molecule has 0 spiro atoms. The third-order valence-corrected chi connectivity index (χ3v) is 3.91. The minimum atomic E-state index is 0.114. The Labute approximate surface area is 118 Å². The molecule has 1 amide bonds. The van der Waals surface area contributed by atoms with E-state index in [0.717, 1.165) is 17.7 Å². The zero-order valence-corrected chi connectivity index (χ0v) is 12.0. The Kier molecular flexibility index (Phi) is 5.16. The topological polar surface area (TPSA) is 29.1 Å². The van der Waals surface area contributed by atoms with E-state index in [1.54, 1.807) is 11.3 Å². The van der Waals surface area contributed by atoms with Crippen molar-refractivity contribution in [2.75, 3.05) is 0 Å². The lowest BCUT2D eigenvalue weighted by Gasteiger charge is -2.13. The van der Waals surface area contributed by atoms with Gasteiger partial charge < -0.3 is 5.32 Å². The van der Waals surface area contributed by atoms with Crippen molar-refractivity contribution in [2.24, 2.45) is 0 Å². The molecule has 0 unspecified atom stereocenters. The Morgan fingerprint density at radius 3 is 2.68 bits per heavy atom. The van der Waals surface area contributed by atoms with Gasteiger partial charge in [0.25, 0.3) is 0 Å². The summed E-state index contributed by atoms with van der Waals surface area (Å²) in [5.74, 6) is 0.114. The summed E-state index contributed by atoms with van der Waals surface area (Å²) >= 11 is 1.63. The van der Waals surface area contributed by atoms with Crippen LogP contribution in [0.3, 0.4) is 0 Å². The van der Waals surface area contributed by atoms with Crippen LogP contribution in [0.15, 0.2) is 47.8 Å². The minimum absolute atomic E-state index is 0.114. The van der Waals surface area contributed by atoms with Crippen LogP contribution < -0.4 is 5.32 Å². The van der Waals surface area contributed by atoms with Crippen LogP contribution in [0.25, 0.3) is 0 Å². The molecule has 0 aliphatic heterocycles. The molecule has 0 aliphatic carbocycles. The first kappa shape index (κ1) is 13.8. The monoisotopic (exact) mass is 273 g/mol. The van der Waals surface area contributed by atoms with E-state index in [1.807, 2.05) is 23.6 Å². The van der Waals surface area contributed by atoms with Gasteiger partial charge in [-0.25, -0.2) is 0 Å². The van der Waals surface area contributed by atoms with Crippen molar-refractivity contribution >= 4 is 17.2 Å². The maximum Gasteiger partial charge on any atom is 0.225 e. The molecule has 0 radical (unpaired) electrons. The van der Waals surface area contributed by atoms with Gasteiger partial charge in [0.2, 0.25) is 5.91 Å². The van der Waals surface area contributed by atoms with Crippen LogP contribution in [0.1, 0.15) is 23.8 Å². The molecule has 0 fully saturated rings. The first-order valence-corrected chi connectivity index (χ1v) is 7.47. The second-order valence-corrected chi connectivity index (χ2v) is 5.78. The number of carbonyl (C=O) groups excluding carboxylic acids is 1. The molecule has 3 heteroatoms. The fraction of sp³-hybridized carbons (Fsp3) is 0.312. The lowest BCUT2D eigenvalue weighted by molar-refractivity contribution is -0.121. The van der Waals surface area contributed by atoms with Crippen LogP contribution in [0.5, 0.6) is 0 Å². The third-order valence-electron chi connectivity index (χ3n) is 3.03. The average Bonchev–Trinajstić information content (AvgIpc) is 2.90. The van der Waals surface area contributed by atoms with Crippen molar-refractivity contribution in [1.29, 1.82) is 0 Å². The van der Waals surface area contributed by atoms with E-state index >= 15 is 0 Å². The summed E-state index contributed by atoms with van der Waals surface area (Å²) in [7, 11) is 0. The van der Waals surface area contributed by atoms with Gasteiger partial charge in [0.05, 0.1) is 6.42 Å². The van der Waals surface area contributed by atoms with Gasteiger partial charge in [-0.1, -0.05) is 36.4 Å². The summed E-state index contributed by atoms with van der Waals surface area (Å²) in [6, 6.07) is 14.6. The zero-order valence-electron chi connectivity index (χ0n) is 11.1. The zero-order chi connectivity index (χ0) is 13.5. The highest BCUT2D eigenvalue weighted by Gasteiger charge is 2.08. The number of nitrogens with one attached hydrogen (secondary N) is 1. The van der Waals surface area contributed by atoms with Gasteiger partial charge >= 0.3 is 0 Å². The first-order valence-electron chi connectivity index (χ1n) is 6.59. The summed E-state index contributed by atoms with van der Waals surface area (Å²) in [5.41, 5.74) is 1.32. The summed E-state index contributed by atoms with van der Waals surface area (Å²) in [5, 5.41) is 5.06. The maximum atomic E-state index is 11.8. The van der Waals surface area contributed by atoms with E-state index < -0.39 is 0 Å². The summed E-state index contributed by atoms with van der Waals surface area (Å²) in [6.07, 6.45) is 2.47. The van der Waals surface area contributed by atoms with Gasteiger partial charge in [0.15, 0.2) is 0 Å². The number of amides is 1. The lowest BCUT2D eigenvalue weighted by atomic mass is 10.1. The van der Waals surface area contributed by atoms with Crippen molar-refractivity contribution in [3.63, 3.8) is 0 Å². The molecule has 0 bridgehead atoms. The van der Waals surface area contributed by atoms with Gasteiger partial charge in [-0.3, -0.25) is 4.79 Å². The van der Waals surface area contributed by atoms with Crippen molar-refractivity contribution in [3.05, 3.63) is 58.3 Å². The molecule has 19 heavy (non-hydrogen) atoms. The molecule has 1 heterocycles. The van der Waals surface area contributed by atoms with Crippen molar-refractivity contribution in [3.8, 4) is 0 Å². The molecular formula is C16H19NOS. The number of hydrogen-bond donors (Lipinski definition) is 1. The Hall–Kier alpha value is -1.61. The van der Waals surface area contributed by atoms with Crippen LogP contribution >= 0.6 is 11.3 Å². The number of thiophene rings is 1. The third kappa shape index (κ3) is 4.87. The van der Waals surface area contributed by atoms with E-state index in [2.05, 4.69) is 36.5 Å². The second kappa shape index (κ2) is 7.10. The Balaban J connectivity index is 1.72. The lowest BCUT2D eigenvalue weighted by Crippen LogP contribution is -2.33. The molecular weight excluding hydrogens is 254 g/mol. The van der Waals surface area contributed by atoms with Gasteiger partial charge in [-0.15, -0.1) is 11.3 Å². The van der Waals surface area contributed by atoms with Crippen LogP contribution in [-0.4, -0.2) is 11.9 Å². The SMILES string of the molecule is C[C@@H](CCc1ccccc1)NC(=O)Cc1cccs1. The van der Waals surface area contributed by atoms with E-state index in [4.69, 9.17) is 0 Å². The molecule has 2 aromatic rings. The second-order valence-electron chi connectivity index (χ2n) is 4.75. The maximum absolute atomic E-state index is 11.8. The van der Waals surface area contributed by atoms with Crippen LogP contribution in [-0.2, 0) is 17.6 Å². The average molecular weight is 273 g/mol. The van der Waals surface area contributed by atoms with Crippen LogP contribution in [0.4, 0.5) is 0 Å². The molecule has 1 aromatic heterocycles. The van der Waals surface area contributed by atoms with Crippen LogP contribution in [0.2, 0.25) is 0 Å². The summed E-state index contributed by atoms with van der Waals surface area (Å²) < 4.78 is 0. The normalized spacial score (nSPS) is 12.1. The number of benzene rings is 1. The number of hydrogen-bond acceptors (Lipinski definition) is 2. The molecule has 1 aromatic carbocycles. The van der Waals surface area contributed by atoms with E-state index in [9.17, 15) is 4.79 Å². The quantitative estimate of drug-likeness (QED) is 0.858. The molecule has 0 aliphatic rings. The number of rotatable bonds is 6. The van der Waals surface area contributed by atoms with Gasteiger partial charge in [0, 0.05) is 10.9 Å². The largest absolute Gasteiger partial charge is 0.353 e. The van der Waals surface area contributed by atoms with Crippen LogP contribution in [0, 0.1) is 0 Å². The Morgan fingerprint density at radius 2 is 2.00 bits per heavy atom. The summed E-state index contributed by atoms with van der Waals surface area (Å²) in [4.78, 5) is 12.9. The van der Waals surface area contributed by atoms with Gasteiger partial charge in [0.1, 0.15) is 0 Å². The first-order chi connectivity index (χ1) is 9.24. The smallest absolute Gasteiger partial charge is 0.225 e. The van der Waals surface area contributed by atoms with Gasteiger partial charge in [-0.05, 0) is 36.8 Å². The highest BCUT2D eigenvalue weighted by atomic mass is 32.1. The van der Waals surface area contributed by atoms with E-state index in [-0.39, 0.29) is 11.9 Å². The standard InChI is InChI=1S/C16H19NOS/c1-13(9-10-14-6-3-2-4-7-14)17-16(18)12-15-8-5-11-19-15/h2-8,11,13H,9-10,12H2,1H3,(H,17,18)/t13-/m0/s1. The van der Waals surface area contributed by atoms with E-state index in [0.29, 0.717) is 6.42 Å². The number of carbonyl (C=O) groups is 1. The molecule has 1 atom stereocenters. The van der Waals surface area contributed by atoms with Crippen molar-refractivity contribution < 1.29 is 4.79 Å². The predicted molar refractivity (Wildman–Crippen MR) is 80.4 cm³/mol. The van der Waals surface area contributed by atoms with Crippen molar-refractivity contribution in [1.82, 2.24) is 5.32 Å². The summed E-state index contributed by atoms with van der Waals surface area (Å²) in [6.45, 7) is 2.06.